The summed E-state index contributed by atoms with van der Waals surface area (Å²) in [4.78, 5) is 18.6. The molecule has 1 amide bonds. The Morgan fingerprint density at radius 2 is 1.89 bits per heavy atom. The number of carbonyl (C=O) groups excluding carboxylic acids is 1. The van der Waals surface area contributed by atoms with E-state index in [-0.39, 0.29) is 0 Å². The van der Waals surface area contributed by atoms with E-state index in [0.717, 1.165) is 48.7 Å². The number of ether oxygens (including phenoxy) is 1. The number of primary amides is 1. The second-order valence-corrected chi connectivity index (χ2v) is 10.2. The van der Waals surface area contributed by atoms with E-state index < -0.39 is 11.5 Å². The summed E-state index contributed by atoms with van der Waals surface area (Å²) in [5.41, 5.74) is 9.76. The van der Waals surface area contributed by atoms with Gasteiger partial charge in [0.1, 0.15) is 5.75 Å². The second kappa shape index (κ2) is 10.3. The van der Waals surface area contributed by atoms with Crippen LogP contribution in [0.3, 0.4) is 0 Å². The standard InChI is InChI=1S/C28H33N7O3/c1-18-14-19(4-9-22(18)26(29)36)24-16-31-27-23(32-17-28(2,3)37)15-25(33-35(24)27)38-21-7-5-20(6-8-21)34-12-10-30-11-13-34/h4-9,14-16,30,32,37H,10-13,17H2,1-3H3,(H2,29,36). The number of nitrogens with one attached hydrogen (secondary N) is 2. The van der Waals surface area contributed by atoms with E-state index in [1.807, 2.05) is 31.2 Å². The molecular formula is C28H33N7O3. The van der Waals surface area contributed by atoms with Crippen molar-refractivity contribution in [1.29, 1.82) is 0 Å². The maximum atomic E-state index is 11.7. The number of imidazole rings is 1. The molecule has 0 radical (unpaired) electrons. The fraction of sp³-hybridized carbons (Fsp3) is 0.321. The number of aliphatic hydroxyl groups is 1. The number of rotatable bonds is 8. The lowest BCUT2D eigenvalue weighted by molar-refractivity contribution is 0.0944. The number of hydrogen-bond acceptors (Lipinski definition) is 8. The predicted molar refractivity (Wildman–Crippen MR) is 148 cm³/mol. The van der Waals surface area contributed by atoms with E-state index in [0.29, 0.717) is 35.1 Å². The lowest BCUT2D eigenvalue weighted by atomic mass is 10.0. The Hall–Kier alpha value is -4.15. The van der Waals surface area contributed by atoms with Gasteiger partial charge >= 0.3 is 0 Å². The normalized spacial score (nSPS) is 14.1. The molecule has 1 aliphatic rings. The summed E-state index contributed by atoms with van der Waals surface area (Å²) in [6, 6.07) is 15.2. The zero-order chi connectivity index (χ0) is 26.9. The first-order valence-electron chi connectivity index (χ1n) is 12.7. The molecule has 10 heteroatoms. The molecule has 0 unspecified atom stereocenters. The average Bonchev–Trinajstić information content (AvgIpc) is 3.31. The van der Waals surface area contributed by atoms with E-state index >= 15 is 0 Å². The molecule has 1 aliphatic heterocycles. The molecule has 198 valence electrons. The zero-order valence-corrected chi connectivity index (χ0v) is 21.9. The summed E-state index contributed by atoms with van der Waals surface area (Å²) < 4.78 is 7.89. The molecule has 2 aromatic heterocycles. The van der Waals surface area contributed by atoms with Gasteiger partial charge in [-0.15, -0.1) is 5.10 Å². The van der Waals surface area contributed by atoms with Crippen molar-refractivity contribution in [3.05, 3.63) is 65.9 Å². The van der Waals surface area contributed by atoms with Gasteiger partial charge in [-0.3, -0.25) is 4.79 Å². The van der Waals surface area contributed by atoms with Crippen molar-refractivity contribution in [2.24, 2.45) is 5.73 Å². The van der Waals surface area contributed by atoms with Gasteiger partial charge in [-0.05, 0) is 62.7 Å². The van der Waals surface area contributed by atoms with Gasteiger partial charge < -0.3 is 31.1 Å². The van der Waals surface area contributed by atoms with Crippen LogP contribution in [0.5, 0.6) is 11.6 Å². The van der Waals surface area contributed by atoms with Crippen molar-refractivity contribution in [2.45, 2.75) is 26.4 Å². The number of hydrogen-bond donors (Lipinski definition) is 4. The Kier molecular flexibility index (Phi) is 6.92. The van der Waals surface area contributed by atoms with Crippen LogP contribution >= 0.6 is 0 Å². The molecule has 0 aliphatic carbocycles. The minimum absolute atomic E-state index is 0.306. The molecule has 2 aromatic carbocycles. The lowest BCUT2D eigenvalue weighted by Gasteiger charge is -2.29. The van der Waals surface area contributed by atoms with Crippen LogP contribution in [0, 0.1) is 6.92 Å². The maximum Gasteiger partial charge on any atom is 0.248 e. The van der Waals surface area contributed by atoms with Crippen molar-refractivity contribution >= 4 is 22.9 Å². The molecular weight excluding hydrogens is 482 g/mol. The molecule has 5 N–H and O–H groups in total. The monoisotopic (exact) mass is 515 g/mol. The maximum absolute atomic E-state index is 11.7. The number of aromatic nitrogens is 3. The first kappa shape index (κ1) is 25.5. The third-order valence-corrected chi connectivity index (χ3v) is 6.49. The molecule has 5 rings (SSSR count). The van der Waals surface area contributed by atoms with Gasteiger partial charge in [0, 0.05) is 55.6 Å². The molecule has 0 bridgehead atoms. The first-order chi connectivity index (χ1) is 18.2. The molecule has 38 heavy (non-hydrogen) atoms. The highest BCUT2D eigenvalue weighted by molar-refractivity contribution is 5.95. The number of nitrogens with zero attached hydrogens (tertiary/aromatic N) is 4. The highest BCUT2D eigenvalue weighted by Gasteiger charge is 2.18. The third-order valence-electron chi connectivity index (χ3n) is 6.49. The van der Waals surface area contributed by atoms with Gasteiger partial charge in [-0.2, -0.15) is 0 Å². The van der Waals surface area contributed by atoms with E-state index in [4.69, 9.17) is 15.6 Å². The van der Waals surface area contributed by atoms with Gasteiger partial charge in [0.25, 0.3) is 0 Å². The summed E-state index contributed by atoms with van der Waals surface area (Å²) in [6.07, 6.45) is 1.72. The van der Waals surface area contributed by atoms with Gasteiger partial charge in [0.15, 0.2) is 5.65 Å². The van der Waals surface area contributed by atoms with E-state index in [1.54, 1.807) is 36.7 Å². The second-order valence-electron chi connectivity index (χ2n) is 10.2. The highest BCUT2D eigenvalue weighted by atomic mass is 16.5. The Bertz CT molecular complexity index is 1450. The third kappa shape index (κ3) is 5.56. The summed E-state index contributed by atoms with van der Waals surface area (Å²) in [5, 5.41) is 21.7. The number of nitrogens with two attached hydrogens (primary N) is 1. The minimum atomic E-state index is -0.932. The molecule has 0 spiro atoms. The quantitative estimate of drug-likeness (QED) is 0.282. The summed E-state index contributed by atoms with van der Waals surface area (Å²) in [7, 11) is 0. The highest BCUT2D eigenvalue weighted by Crippen LogP contribution is 2.30. The number of benzene rings is 2. The van der Waals surface area contributed by atoms with Crippen LogP contribution in [0.4, 0.5) is 11.4 Å². The topological polar surface area (TPSA) is 130 Å². The Labute approximate surface area is 221 Å². The van der Waals surface area contributed by atoms with Crippen LogP contribution in [0.15, 0.2) is 54.7 Å². The summed E-state index contributed by atoms with van der Waals surface area (Å²) in [5.74, 6) is 0.560. The van der Waals surface area contributed by atoms with Crippen molar-refractivity contribution in [3.8, 4) is 22.9 Å². The first-order valence-corrected chi connectivity index (χ1v) is 12.7. The van der Waals surface area contributed by atoms with Gasteiger partial charge in [-0.1, -0.05) is 6.07 Å². The number of anilines is 2. The Morgan fingerprint density at radius 3 is 2.55 bits per heavy atom. The van der Waals surface area contributed by atoms with Crippen LogP contribution in [0.2, 0.25) is 0 Å². The number of amides is 1. The van der Waals surface area contributed by atoms with Crippen LogP contribution in [-0.4, -0.2) is 63.9 Å². The van der Waals surface area contributed by atoms with Crippen molar-refractivity contribution in [1.82, 2.24) is 19.9 Å². The molecule has 1 saturated heterocycles. The molecule has 10 nitrogen and oxygen atoms in total. The zero-order valence-electron chi connectivity index (χ0n) is 21.9. The van der Waals surface area contributed by atoms with Gasteiger partial charge in [0.05, 0.1) is 23.2 Å². The number of aryl methyl sites for hydroxylation is 1. The van der Waals surface area contributed by atoms with Crippen molar-refractivity contribution in [3.63, 3.8) is 0 Å². The number of carbonyl (C=O) groups is 1. The molecule has 1 fully saturated rings. The smallest absolute Gasteiger partial charge is 0.248 e. The summed E-state index contributed by atoms with van der Waals surface area (Å²) >= 11 is 0. The molecule has 0 saturated carbocycles. The molecule has 4 aromatic rings. The van der Waals surface area contributed by atoms with E-state index in [9.17, 15) is 9.90 Å². The Morgan fingerprint density at radius 1 is 1.16 bits per heavy atom. The predicted octanol–water partition coefficient (Wildman–Crippen LogP) is 3.19. The van der Waals surface area contributed by atoms with Crippen molar-refractivity contribution in [2.75, 3.05) is 42.9 Å². The van der Waals surface area contributed by atoms with E-state index in [2.05, 4.69) is 32.7 Å². The fourth-order valence-corrected chi connectivity index (χ4v) is 4.50. The van der Waals surface area contributed by atoms with Crippen LogP contribution in [0.25, 0.3) is 16.9 Å². The van der Waals surface area contributed by atoms with Gasteiger partial charge in [0.2, 0.25) is 11.8 Å². The van der Waals surface area contributed by atoms with Crippen LogP contribution < -0.4 is 26.0 Å². The Balaban J connectivity index is 1.50. The molecule has 3 heterocycles. The van der Waals surface area contributed by atoms with Crippen LogP contribution in [-0.2, 0) is 0 Å². The van der Waals surface area contributed by atoms with Gasteiger partial charge in [-0.25, -0.2) is 9.50 Å². The average molecular weight is 516 g/mol. The fourth-order valence-electron chi connectivity index (χ4n) is 4.50. The largest absolute Gasteiger partial charge is 0.438 e. The lowest BCUT2D eigenvalue weighted by Crippen LogP contribution is -2.43. The van der Waals surface area contributed by atoms with Crippen LogP contribution in [0.1, 0.15) is 29.8 Å². The van der Waals surface area contributed by atoms with E-state index in [1.165, 1.54) is 0 Å². The molecule has 0 atom stereocenters. The number of piperazine rings is 1. The number of fused-ring (bicyclic) bond motifs is 1. The van der Waals surface area contributed by atoms with Crippen molar-refractivity contribution < 1.29 is 14.6 Å². The minimum Gasteiger partial charge on any atom is -0.438 e. The SMILES string of the molecule is Cc1cc(-c2cnc3c(NCC(C)(C)O)cc(Oc4ccc(N5CCNCC5)cc4)nn23)ccc1C(N)=O. The summed E-state index contributed by atoms with van der Waals surface area (Å²) in [6.45, 7) is 9.50.